The van der Waals surface area contributed by atoms with Gasteiger partial charge >= 0.3 is 6.18 Å². The molecule has 0 spiro atoms. The van der Waals surface area contributed by atoms with Crippen molar-refractivity contribution in [1.82, 2.24) is 9.80 Å². The van der Waals surface area contributed by atoms with Gasteiger partial charge in [-0.05, 0) is 25.1 Å². The third-order valence-corrected chi connectivity index (χ3v) is 4.13. The first-order valence-electron chi connectivity index (χ1n) is 7.47. The standard InChI is InChI=1S/C16H21F3N2O/c1-3-20-6-8-21(9-7-20)11-14-5-4-13(12(2)22)10-15(14)16(17,18)19/h4-5,10H,3,6-9,11H2,1-2H3. The Bertz CT molecular complexity index is 535. The first kappa shape index (κ1) is 17.0. The van der Waals surface area contributed by atoms with Crippen LogP contribution in [0.3, 0.4) is 0 Å². The number of hydrogen-bond donors (Lipinski definition) is 0. The zero-order chi connectivity index (χ0) is 16.3. The van der Waals surface area contributed by atoms with Gasteiger partial charge in [0.05, 0.1) is 5.56 Å². The van der Waals surface area contributed by atoms with E-state index in [0.29, 0.717) is 0 Å². The van der Waals surface area contributed by atoms with Gasteiger partial charge in [0.2, 0.25) is 0 Å². The van der Waals surface area contributed by atoms with Gasteiger partial charge in [0.25, 0.3) is 0 Å². The summed E-state index contributed by atoms with van der Waals surface area (Å²) < 4.78 is 39.7. The molecule has 0 aromatic heterocycles. The lowest BCUT2D eigenvalue weighted by molar-refractivity contribution is -0.138. The molecule has 1 saturated heterocycles. The minimum Gasteiger partial charge on any atom is -0.301 e. The van der Waals surface area contributed by atoms with E-state index < -0.39 is 11.7 Å². The Kier molecular flexibility index (Phi) is 5.24. The smallest absolute Gasteiger partial charge is 0.301 e. The second kappa shape index (κ2) is 6.79. The van der Waals surface area contributed by atoms with Crippen molar-refractivity contribution >= 4 is 5.78 Å². The molecule has 22 heavy (non-hydrogen) atoms. The zero-order valence-corrected chi connectivity index (χ0v) is 12.9. The fraction of sp³-hybridized carbons (Fsp3) is 0.562. The highest BCUT2D eigenvalue weighted by atomic mass is 19.4. The molecule has 0 aliphatic carbocycles. The number of alkyl halides is 3. The highest BCUT2D eigenvalue weighted by Gasteiger charge is 2.34. The predicted octanol–water partition coefficient (Wildman–Crippen LogP) is 3.05. The number of carbonyl (C=O) groups excluding carboxylic acids is 1. The van der Waals surface area contributed by atoms with Crippen molar-refractivity contribution < 1.29 is 18.0 Å². The van der Waals surface area contributed by atoms with Gasteiger partial charge in [-0.2, -0.15) is 13.2 Å². The molecule has 1 fully saturated rings. The Morgan fingerprint density at radius 3 is 2.23 bits per heavy atom. The Morgan fingerprint density at radius 1 is 1.14 bits per heavy atom. The largest absolute Gasteiger partial charge is 0.416 e. The number of carbonyl (C=O) groups is 1. The maximum atomic E-state index is 13.2. The quantitative estimate of drug-likeness (QED) is 0.798. The SMILES string of the molecule is CCN1CCN(Cc2ccc(C(C)=O)cc2C(F)(F)F)CC1. The van der Waals surface area contributed by atoms with E-state index in [1.807, 2.05) is 4.90 Å². The van der Waals surface area contributed by atoms with Crippen LogP contribution in [0.15, 0.2) is 18.2 Å². The number of rotatable bonds is 4. The Balaban J connectivity index is 2.18. The molecule has 1 heterocycles. The summed E-state index contributed by atoms with van der Waals surface area (Å²) in [6.45, 7) is 7.88. The molecule has 0 radical (unpaired) electrons. The first-order chi connectivity index (χ1) is 10.3. The summed E-state index contributed by atoms with van der Waals surface area (Å²) in [7, 11) is 0. The van der Waals surface area contributed by atoms with Crippen molar-refractivity contribution in [2.75, 3.05) is 32.7 Å². The first-order valence-corrected chi connectivity index (χ1v) is 7.47. The summed E-state index contributed by atoms with van der Waals surface area (Å²) in [6.07, 6.45) is -4.44. The average Bonchev–Trinajstić information content (AvgIpc) is 2.47. The van der Waals surface area contributed by atoms with Crippen molar-refractivity contribution in [2.45, 2.75) is 26.6 Å². The van der Waals surface area contributed by atoms with Crippen LogP contribution in [0.1, 0.15) is 35.3 Å². The number of halogens is 3. The Labute approximate surface area is 128 Å². The lowest BCUT2D eigenvalue weighted by Gasteiger charge is -2.34. The highest BCUT2D eigenvalue weighted by Crippen LogP contribution is 2.33. The van der Waals surface area contributed by atoms with Crippen LogP contribution in [0.25, 0.3) is 0 Å². The van der Waals surface area contributed by atoms with Crippen LogP contribution in [-0.4, -0.2) is 48.3 Å². The lowest BCUT2D eigenvalue weighted by Crippen LogP contribution is -2.45. The fourth-order valence-corrected chi connectivity index (χ4v) is 2.70. The zero-order valence-electron chi connectivity index (χ0n) is 12.9. The van der Waals surface area contributed by atoms with E-state index in [1.165, 1.54) is 19.1 Å². The molecule has 0 unspecified atom stereocenters. The second-order valence-corrected chi connectivity index (χ2v) is 5.64. The number of Topliss-reactive ketones (excluding diaryl/α,β-unsaturated/α-hetero) is 1. The summed E-state index contributed by atoms with van der Waals surface area (Å²) in [5.74, 6) is -0.353. The summed E-state index contributed by atoms with van der Waals surface area (Å²) in [5.41, 5.74) is -0.354. The molecule has 1 aliphatic rings. The van der Waals surface area contributed by atoms with Gasteiger partial charge in [0, 0.05) is 38.3 Å². The maximum absolute atomic E-state index is 13.2. The number of hydrogen-bond acceptors (Lipinski definition) is 3. The Morgan fingerprint density at radius 2 is 1.73 bits per heavy atom. The normalized spacial score (nSPS) is 17.7. The summed E-state index contributed by atoms with van der Waals surface area (Å²) in [6, 6.07) is 3.89. The van der Waals surface area contributed by atoms with E-state index in [4.69, 9.17) is 0 Å². The van der Waals surface area contributed by atoms with Crippen molar-refractivity contribution in [3.8, 4) is 0 Å². The van der Waals surface area contributed by atoms with Crippen LogP contribution in [0.2, 0.25) is 0 Å². The topological polar surface area (TPSA) is 23.6 Å². The van der Waals surface area contributed by atoms with Gasteiger partial charge in [-0.25, -0.2) is 0 Å². The van der Waals surface area contributed by atoms with Crippen LogP contribution in [0.4, 0.5) is 13.2 Å². The van der Waals surface area contributed by atoms with Crippen LogP contribution in [0.5, 0.6) is 0 Å². The van der Waals surface area contributed by atoms with Crippen LogP contribution in [-0.2, 0) is 12.7 Å². The molecule has 1 aromatic carbocycles. The van der Waals surface area contributed by atoms with Gasteiger partial charge in [0.15, 0.2) is 5.78 Å². The van der Waals surface area contributed by atoms with Crippen LogP contribution >= 0.6 is 0 Å². The number of piperazine rings is 1. The van der Waals surface area contributed by atoms with E-state index in [2.05, 4.69) is 11.8 Å². The van der Waals surface area contributed by atoms with E-state index in [1.54, 1.807) is 0 Å². The van der Waals surface area contributed by atoms with Crippen molar-refractivity contribution in [1.29, 1.82) is 0 Å². The Hall–Kier alpha value is -1.40. The summed E-state index contributed by atoms with van der Waals surface area (Å²) in [4.78, 5) is 15.6. The van der Waals surface area contributed by atoms with E-state index in [9.17, 15) is 18.0 Å². The van der Waals surface area contributed by atoms with Gasteiger partial charge in [0.1, 0.15) is 0 Å². The molecule has 3 nitrogen and oxygen atoms in total. The molecular weight excluding hydrogens is 293 g/mol. The van der Waals surface area contributed by atoms with E-state index in [0.717, 1.165) is 38.8 Å². The van der Waals surface area contributed by atoms with Crippen molar-refractivity contribution in [2.24, 2.45) is 0 Å². The van der Waals surface area contributed by atoms with E-state index >= 15 is 0 Å². The number of likely N-dealkylation sites (N-methyl/N-ethyl adjacent to an activating group) is 1. The summed E-state index contributed by atoms with van der Waals surface area (Å²) in [5, 5.41) is 0. The molecule has 0 atom stereocenters. The third kappa shape index (κ3) is 4.08. The van der Waals surface area contributed by atoms with Gasteiger partial charge in [-0.15, -0.1) is 0 Å². The molecule has 0 saturated carbocycles. The molecule has 0 N–H and O–H groups in total. The fourth-order valence-electron chi connectivity index (χ4n) is 2.70. The predicted molar refractivity (Wildman–Crippen MR) is 78.8 cm³/mol. The number of nitrogens with zero attached hydrogens (tertiary/aromatic N) is 2. The molecule has 122 valence electrons. The van der Waals surface area contributed by atoms with Gasteiger partial charge in [-0.1, -0.05) is 19.1 Å². The molecule has 0 amide bonds. The van der Waals surface area contributed by atoms with Gasteiger partial charge < -0.3 is 4.90 Å². The molecule has 6 heteroatoms. The third-order valence-electron chi connectivity index (χ3n) is 4.13. The molecule has 1 aliphatic heterocycles. The summed E-state index contributed by atoms with van der Waals surface area (Å²) >= 11 is 0. The maximum Gasteiger partial charge on any atom is 0.416 e. The van der Waals surface area contributed by atoms with Crippen LogP contribution < -0.4 is 0 Å². The molecule has 2 rings (SSSR count). The minimum atomic E-state index is -4.44. The van der Waals surface area contributed by atoms with Crippen molar-refractivity contribution in [3.63, 3.8) is 0 Å². The van der Waals surface area contributed by atoms with Gasteiger partial charge in [-0.3, -0.25) is 9.69 Å². The average molecular weight is 314 g/mol. The monoisotopic (exact) mass is 314 g/mol. The van der Waals surface area contributed by atoms with Crippen LogP contribution in [0, 0.1) is 0 Å². The second-order valence-electron chi connectivity index (χ2n) is 5.64. The lowest BCUT2D eigenvalue weighted by atomic mass is 10.0. The number of benzene rings is 1. The van der Waals surface area contributed by atoms with Crippen molar-refractivity contribution in [3.05, 3.63) is 34.9 Å². The molecular formula is C16H21F3N2O. The molecule has 0 bridgehead atoms. The minimum absolute atomic E-state index is 0.104. The highest BCUT2D eigenvalue weighted by molar-refractivity contribution is 5.94. The molecule has 1 aromatic rings. The number of ketones is 1. The van der Waals surface area contributed by atoms with E-state index in [-0.39, 0.29) is 23.5 Å².